The maximum atomic E-state index is 13.1. The van der Waals surface area contributed by atoms with Crippen molar-refractivity contribution in [3.05, 3.63) is 35.9 Å². The molecule has 0 radical (unpaired) electrons. The molecule has 0 aromatic heterocycles. The van der Waals surface area contributed by atoms with Gasteiger partial charge >= 0.3 is 0 Å². The summed E-state index contributed by atoms with van der Waals surface area (Å²) in [6, 6.07) is 9.27. The van der Waals surface area contributed by atoms with Gasteiger partial charge in [0.1, 0.15) is 5.54 Å². The molecule has 2 N–H and O–H groups in total. The van der Waals surface area contributed by atoms with Gasteiger partial charge in [-0.1, -0.05) is 32.0 Å². The predicted molar refractivity (Wildman–Crippen MR) is 100 cm³/mol. The number of rotatable bonds is 6. The third-order valence-electron chi connectivity index (χ3n) is 5.37. The minimum atomic E-state index is -0.774. The van der Waals surface area contributed by atoms with Crippen LogP contribution in [0.2, 0.25) is 0 Å². The quantitative estimate of drug-likeness (QED) is 0.861. The summed E-state index contributed by atoms with van der Waals surface area (Å²) in [5.41, 5.74) is 5.96. The van der Waals surface area contributed by atoms with E-state index in [-0.39, 0.29) is 17.9 Å². The highest BCUT2D eigenvalue weighted by Crippen LogP contribution is 2.32. The maximum absolute atomic E-state index is 13.1. The molecule has 0 aliphatic carbocycles. The first kappa shape index (κ1) is 19.4. The van der Waals surface area contributed by atoms with Gasteiger partial charge in [-0.25, -0.2) is 0 Å². The Hall–Kier alpha value is -1.88. The Morgan fingerprint density at radius 2 is 1.92 bits per heavy atom. The average molecular weight is 345 g/mol. The fraction of sp³-hybridized carbons (Fsp3) is 0.600. The fourth-order valence-electron chi connectivity index (χ4n) is 3.44. The van der Waals surface area contributed by atoms with E-state index >= 15 is 0 Å². The molecule has 1 aliphatic rings. The Morgan fingerprint density at radius 3 is 2.52 bits per heavy atom. The number of likely N-dealkylation sites (N-methyl/N-ethyl adjacent to an activating group) is 1. The van der Waals surface area contributed by atoms with Crippen LogP contribution in [0.4, 0.5) is 0 Å². The summed E-state index contributed by atoms with van der Waals surface area (Å²) in [4.78, 5) is 29.4. The van der Waals surface area contributed by atoms with Crippen LogP contribution in [0, 0.1) is 5.92 Å². The number of nitrogens with zero attached hydrogens (tertiary/aromatic N) is 2. The molecule has 1 heterocycles. The zero-order chi connectivity index (χ0) is 18.6. The first-order chi connectivity index (χ1) is 11.8. The molecule has 2 unspecified atom stereocenters. The van der Waals surface area contributed by atoms with Gasteiger partial charge in [-0.15, -0.1) is 0 Å². The van der Waals surface area contributed by atoms with E-state index in [2.05, 4.69) is 13.8 Å². The maximum Gasteiger partial charge on any atom is 0.254 e. The summed E-state index contributed by atoms with van der Waals surface area (Å²) in [7, 11) is 1.81. The molecule has 0 spiro atoms. The van der Waals surface area contributed by atoms with Gasteiger partial charge in [0.25, 0.3) is 5.91 Å². The second kappa shape index (κ2) is 8.00. The predicted octanol–water partition coefficient (Wildman–Crippen LogP) is 2.51. The van der Waals surface area contributed by atoms with Crippen molar-refractivity contribution in [1.82, 2.24) is 9.80 Å². The second-order valence-electron chi connectivity index (χ2n) is 7.62. The average Bonchev–Trinajstić information content (AvgIpc) is 3.01. The molecule has 0 bridgehead atoms. The van der Waals surface area contributed by atoms with Crippen LogP contribution in [-0.2, 0) is 4.79 Å². The van der Waals surface area contributed by atoms with E-state index in [0.29, 0.717) is 31.0 Å². The number of likely N-dealkylation sites (tertiary alicyclic amines) is 1. The molecule has 2 amide bonds. The summed E-state index contributed by atoms with van der Waals surface area (Å²) in [5, 5.41) is 0. The highest BCUT2D eigenvalue weighted by Gasteiger charge is 2.47. The number of nitrogens with two attached hydrogens (primary N) is 1. The van der Waals surface area contributed by atoms with Crippen LogP contribution >= 0.6 is 0 Å². The van der Waals surface area contributed by atoms with Crippen molar-refractivity contribution in [3.8, 4) is 0 Å². The Balaban J connectivity index is 2.09. The molecule has 138 valence electrons. The number of carbonyl (C=O) groups is 2. The van der Waals surface area contributed by atoms with Crippen LogP contribution in [0.5, 0.6) is 0 Å². The Morgan fingerprint density at radius 1 is 1.28 bits per heavy atom. The highest BCUT2D eigenvalue weighted by molar-refractivity contribution is 5.99. The molecular formula is C20H31N3O2. The van der Waals surface area contributed by atoms with Gasteiger partial charge in [0.05, 0.1) is 0 Å². The molecule has 1 aromatic carbocycles. The first-order valence-corrected chi connectivity index (χ1v) is 9.15. The van der Waals surface area contributed by atoms with Crippen molar-refractivity contribution in [2.75, 3.05) is 20.1 Å². The zero-order valence-electron chi connectivity index (χ0n) is 15.9. The molecule has 25 heavy (non-hydrogen) atoms. The topological polar surface area (TPSA) is 66.6 Å². The molecule has 1 saturated heterocycles. The third kappa shape index (κ3) is 4.21. The van der Waals surface area contributed by atoms with E-state index in [9.17, 15) is 9.59 Å². The van der Waals surface area contributed by atoms with E-state index in [0.717, 1.165) is 12.8 Å². The van der Waals surface area contributed by atoms with Gasteiger partial charge in [0.15, 0.2) is 0 Å². The SMILES string of the molecule is CC(C)C(N)CCN(C)C(=O)C1(C)CCCN1C(=O)c1ccccc1. The van der Waals surface area contributed by atoms with Gasteiger partial charge < -0.3 is 15.5 Å². The van der Waals surface area contributed by atoms with Crippen molar-refractivity contribution in [1.29, 1.82) is 0 Å². The molecule has 2 rings (SSSR count). The van der Waals surface area contributed by atoms with Gasteiger partial charge in [-0.3, -0.25) is 9.59 Å². The molecule has 5 nitrogen and oxygen atoms in total. The van der Waals surface area contributed by atoms with Gasteiger partial charge in [0.2, 0.25) is 5.91 Å². The summed E-state index contributed by atoms with van der Waals surface area (Å²) in [6.45, 7) is 7.30. The standard InChI is InChI=1S/C20H31N3O2/c1-15(2)17(21)11-14-22(4)19(25)20(3)12-8-13-23(20)18(24)16-9-6-5-7-10-16/h5-7,9-10,15,17H,8,11-14,21H2,1-4H3. The normalized spacial score (nSPS) is 21.4. The number of hydrogen-bond acceptors (Lipinski definition) is 3. The van der Waals surface area contributed by atoms with Gasteiger partial charge in [0, 0.05) is 31.7 Å². The number of carbonyl (C=O) groups excluding carboxylic acids is 2. The van der Waals surface area contributed by atoms with Crippen LogP contribution < -0.4 is 5.73 Å². The molecular weight excluding hydrogens is 314 g/mol. The van der Waals surface area contributed by atoms with Crippen LogP contribution in [0.3, 0.4) is 0 Å². The minimum absolute atomic E-state index is 0.00485. The van der Waals surface area contributed by atoms with Crippen molar-refractivity contribution in [2.45, 2.75) is 51.6 Å². The monoisotopic (exact) mass is 345 g/mol. The second-order valence-corrected chi connectivity index (χ2v) is 7.62. The Kier molecular flexibility index (Phi) is 6.22. The Labute approximate surface area is 151 Å². The molecule has 2 atom stereocenters. The summed E-state index contributed by atoms with van der Waals surface area (Å²) in [6.07, 6.45) is 2.31. The minimum Gasteiger partial charge on any atom is -0.344 e. The number of amides is 2. The van der Waals surface area contributed by atoms with Gasteiger partial charge in [-0.05, 0) is 44.2 Å². The highest BCUT2D eigenvalue weighted by atomic mass is 16.2. The molecule has 1 aliphatic heterocycles. The van der Waals surface area contributed by atoms with Crippen molar-refractivity contribution in [2.24, 2.45) is 11.7 Å². The lowest BCUT2D eigenvalue weighted by Crippen LogP contribution is -2.56. The number of hydrogen-bond donors (Lipinski definition) is 1. The smallest absolute Gasteiger partial charge is 0.254 e. The summed E-state index contributed by atoms with van der Waals surface area (Å²) in [5.74, 6) is 0.327. The van der Waals surface area contributed by atoms with Crippen LogP contribution in [0.25, 0.3) is 0 Å². The Bertz CT molecular complexity index is 602. The van der Waals surface area contributed by atoms with E-state index in [1.165, 1.54) is 0 Å². The van der Waals surface area contributed by atoms with E-state index in [1.54, 1.807) is 21.9 Å². The van der Waals surface area contributed by atoms with Crippen molar-refractivity contribution in [3.63, 3.8) is 0 Å². The lowest BCUT2D eigenvalue weighted by atomic mass is 9.95. The summed E-state index contributed by atoms with van der Waals surface area (Å²) >= 11 is 0. The lowest BCUT2D eigenvalue weighted by Gasteiger charge is -2.37. The van der Waals surface area contributed by atoms with E-state index < -0.39 is 5.54 Å². The molecule has 1 fully saturated rings. The molecule has 5 heteroatoms. The van der Waals surface area contributed by atoms with Gasteiger partial charge in [-0.2, -0.15) is 0 Å². The molecule has 0 saturated carbocycles. The third-order valence-corrected chi connectivity index (χ3v) is 5.37. The number of benzene rings is 1. The fourth-order valence-corrected chi connectivity index (χ4v) is 3.44. The zero-order valence-corrected chi connectivity index (χ0v) is 15.9. The van der Waals surface area contributed by atoms with Crippen LogP contribution in [-0.4, -0.2) is 53.3 Å². The first-order valence-electron chi connectivity index (χ1n) is 9.15. The van der Waals surface area contributed by atoms with Crippen LogP contribution in [0.1, 0.15) is 50.4 Å². The van der Waals surface area contributed by atoms with E-state index in [4.69, 9.17) is 5.73 Å². The lowest BCUT2D eigenvalue weighted by molar-refractivity contribution is -0.139. The largest absolute Gasteiger partial charge is 0.344 e. The van der Waals surface area contributed by atoms with E-state index in [1.807, 2.05) is 32.2 Å². The molecule has 1 aromatic rings. The summed E-state index contributed by atoms with van der Waals surface area (Å²) < 4.78 is 0. The van der Waals surface area contributed by atoms with Crippen LogP contribution in [0.15, 0.2) is 30.3 Å². The van der Waals surface area contributed by atoms with Crippen molar-refractivity contribution < 1.29 is 9.59 Å². The van der Waals surface area contributed by atoms with Crippen molar-refractivity contribution >= 4 is 11.8 Å².